The van der Waals surface area contributed by atoms with Crippen LogP contribution in [0.3, 0.4) is 0 Å². The van der Waals surface area contributed by atoms with Gasteiger partial charge in [-0.05, 0) is 19.4 Å². The monoisotopic (exact) mass is 308 g/mol. The molecule has 23 heavy (non-hydrogen) atoms. The molecular weight excluding hydrogens is 288 g/mol. The van der Waals surface area contributed by atoms with E-state index in [1.165, 1.54) is 0 Å². The van der Waals surface area contributed by atoms with Crippen molar-refractivity contribution in [1.29, 1.82) is 0 Å². The lowest BCUT2D eigenvalue weighted by Gasteiger charge is -2.31. The normalized spacial score (nSPS) is 19.6. The van der Waals surface area contributed by atoms with Gasteiger partial charge in [-0.25, -0.2) is 0 Å². The second kappa shape index (κ2) is 6.37. The Morgan fingerprint density at radius 3 is 2.65 bits per heavy atom. The summed E-state index contributed by atoms with van der Waals surface area (Å²) in [7, 11) is 0. The van der Waals surface area contributed by atoms with Crippen LogP contribution in [-0.2, 0) is 4.79 Å². The second-order valence-electron chi connectivity index (χ2n) is 6.23. The van der Waals surface area contributed by atoms with Gasteiger partial charge in [0.1, 0.15) is 12.0 Å². The summed E-state index contributed by atoms with van der Waals surface area (Å²) in [5, 5.41) is 0. The molecule has 0 bridgehead atoms. The number of Topliss-reactive ketones (excluding diaryl/α,β-unsaturated/α-hetero) is 1. The van der Waals surface area contributed by atoms with Crippen LogP contribution in [0.4, 0.5) is 0 Å². The van der Waals surface area contributed by atoms with Crippen molar-refractivity contribution in [2.24, 2.45) is 5.92 Å². The van der Waals surface area contributed by atoms with Crippen LogP contribution in [0, 0.1) is 19.8 Å². The first-order valence-corrected chi connectivity index (χ1v) is 7.87. The van der Waals surface area contributed by atoms with E-state index in [1.54, 1.807) is 0 Å². The molecule has 0 radical (unpaired) electrons. The molecule has 0 saturated carbocycles. The predicted octanol–water partition coefficient (Wildman–Crippen LogP) is 3.87. The highest BCUT2D eigenvalue weighted by molar-refractivity contribution is 5.96. The van der Waals surface area contributed by atoms with Crippen molar-refractivity contribution in [2.45, 2.75) is 26.2 Å². The minimum absolute atomic E-state index is 0.0545. The zero-order valence-corrected chi connectivity index (χ0v) is 13.4. The molecular formula is C20H20O3. The summed E-state index contributed by atoms with van der Waals surface area (Å²) in [5.41, 5.74) is 3.74. The van der Waals surface area contributed by atoms with Gasteiger partial charge in [-0.2, -0.15) is 0 Å². The summed E-state index contributed by atoms with van der Waals surface area (Å²) in [4.78, 5) is 24.2. The Morgan fingerprint density at radius 2 is 1.96 bits per heavy atom. The fraction of sp³-hybridized carbons (Fsp3) is 0.300. The minimum Gasteiger partial charge on any atom is -0.493 e. The van der Waals surface area contributed by atoms with Gasteiger partial charge in [0, 0.05) is 29.4 Å². The van der Waals surface area contributed by atoms with Crippen LogP contribution in [0.5, 0.6) is 5.75 Å². The molecule has 1 heterocycles. The number of rotatable bonds is 4. The highest BCUT2D eigenvalue weighted by atomic mass is 16.5. The number of ether oxygens (including phenoxy) is 1. The van der Waals surface area contributed by atoms with Crippen LogP contribution in [0.2, 0.25) is 0 Å². The standard InChI is InChI=1S/C20H20O3/c1-13-8-14(2)20-17(9-13)18(11-21)16(12-23-20)10-19(22)15-6-4-3-5-7-15/h3-9,11,16,18H,10,12H2,1-2H3. The molecule has 2 aromatic rings. The molecule has 0 spiro atoms. The van der Waals surface area contributed by atoms with Crippen LogP contribution in [0.25, 0.3) is 0 Å². The number of hydrogen-bond donors (Lipinski definition) is 0. The van der Waals surface area contributed by atoms with Gasteiger partial charge in [0.25, 0.3) is 0 Å². The lowest BCUT2D eigenvalue weighted by Crippen LogP contribution is -2.29. The third-order valence-electron chi connectivity index (χ3n) is 4.45. The first kappa shape index (κ1) is 15.5. The number of aldehydes is 1. The van der Waals surface area contributed by atoms with Crippen molar-refractivity contribution in [2.75, 3.05) is 6.61 Å². The third kappa shape index (κ3) is 3.04. The third-order valence-corrected chi connectivity index (χ3v) is 4.45. The number of fused-ring (bicyclic) bond motifs is 1. The molecule has 3 nitrogen and oxygen atoms in total. The average molecular weight is 308 g/mol. The van der Waals surface area contributed by atoms with Gasteiger partial charge in [0.05, 0.1) is 6.61 Å². The molecule has 0 N–H and O–H groups in total. The van der Waals surface area contributed by atoms with Crippen molar-refractivity contribution in [3.63, 3.8) is 0 Å². The highest BCUT2D eigenvalue weighted by Crippen LogP contribution is 2.40. The number of carbonyl (C=O) groups excluding carboxylic acids is 2. The molecule has 2 unspecified atom stereocenters. The molecule has 0 amide bonds. The van der Waals surface area contributed by atoms with Crippen LogP contribution < -0.4 is 4.74 Å². The lowest BCUT2D eigenvalue weighted by molar-refractivity contribution is -0.110. The average Bonchev–Trinajstić information content (AvgIpc) is 2.55. The Hall–Kier alpha value is -2.42. The smallest absolute Gasteiger partial charge is 0.163 e. The number of aryl methyl sites for hydroxylation is 2. The molecule has 3 rings (SSSR count). The quantitative estimate of drug-likeness (QED) is 0.636. The SMILES string of the molecule is Cc1cc(C)c2c(c1)C(C=O)C(CC(=O)c1ccccc1)CO2. The first-order chi connectivity index (χ1) is 11.1. The zero-order chi connectivity index (χ0) is 16.4. The molecule has 2 atom stereocenters. The second-order valence-corrected chi connectivity index (χ2v) is 6.23. The number of hydrogen-bond acceptors (Lipinski definition) is 3. The van der Waals surface area contributed by atoms with Crippen molar-refractivity contribution in [3.8, 4) is 5.75 Å². The van der Waals surface area contributed by atoms with E-state index in [-0.39, 0.29) is 17.6 Å². The van der Waals surface area contributed by atoms with E-state index in [1.807, 2.05) is 50.2 Å². The van der Waals surface area contributed by atoms with Gasteiger partial charge >= 0.3 is 0 Å². The molecule has 2 aromatic carbocycles. The minimum atomic E-state index is -0.287. The predicted molar refractivity (Wildman–Crippen MR) is 89.1 cm³/mol. The van der Waals surface area contributed by atoms with Crippen molar-refractivity contribution >= 4 is 12.1 Å². The number of ketones is 1. The maximum absolute atomic E-state index is 12.4. The maximum Gasteiger partial charge on any atom is 0.163 e. The Balaban J connectivity index is 1.87. The van der Waals surface area contributed by atoms with Gasteiger partial charge in [-0.3, -0.25) is 4.79 Å². The van der Waals surface area contributed by atoms with Crippen LogP contribution >= 0.6 is 0 Å². The Labute approximate surface area is 136 Å². The Morgan fingerprint density at radius 1 is 1.22 bits per heavy atom. The van der Waals surface area contributed by atoms with Crippen LogP contribution in [0.15, 0.2) is 42.5 Å². The molecule has 0 fully saturated rings. The highest BCUT2D eigenvalue weighted by Gasteiger charge is 2.33. The molecule has 0 saturated heterocycles. The van der Waals surface area contributed by atoms with Gasteiger partial charge in [-0.1, -0.05) is 48.0 Å². The molecule has 0 aromatic heterocycles. The van der Waals surface area contributed by atoms with Gasteiger partial charge < -0.3 is 9.53 Å². The van der Waals surface area contributed by atoms with Crippen molar-refractivity contribution < 1.29 is 14.3 Å². The van der Waals surface area contributed by atoms with Crippen molar-refractivity contribution in [1.82, 2.24) is 0 Å². The topological polar surface area (TPSA) is 43.4 Å². The van der Waals surface area contributed by atoms with Crippen LogP contribution in [0.1, 0.15) is 39.4 Å². The zero-order valence-electron chi connectivity index (χ0n) is 13.4. The number of carbonyl (C=O) groups is 2. The molecule has 1 aliphatic rings. The largest absolute Gasteiger partial charge is 0.493 e. The van der Waals surface area contributed by atoms with Gasteiger partial charge in [0.2, 0.25) is 0 Å². The molecule has 118 valence electrons. The van der Waals surface area contributed by atoms with E-state index in [0.717, 1.165) is 28.7 Å². The fourth-order valence-electron chi connectivity index (χ4n) is 3.33. The maximum atomic E-state index is 12.4. The molecule has 1 aliphatic heterocycles. The van der Waals surface area contributed by atoms with E-state index in [2.05, 4.69) is 6.07 Å². The number of benzene rings is 2. The van der Waals surface area contributed by atoms with Gasteiger partial charge in [-0.15, -0.1) is 0 Å². The summed E-state index contributed by atoms with van der Waals surface area (Å²) in [5.74, 6) is 0.453. The van der Waals surface area contributed by atoms with Crippen LogP contribution in [-0.4, -0.2) is 18.7 Å². The Kier molecular flexibility index (Phi) is 4.28. The van der Waals surface area contributed by atoms with E-state index in [0.29, 0.717) is 18.6 Å². The molecule has 3 heteroatoms. The van der Waals surface area contributed by atoms with Gasteiger partial charge in [0.15, 0.2) is 5.78 Å². The Bertz CT molecular complexity index is 734. The van der Waals surface area contributed by atoms with Crippen molar-refractivity contribution in [3.05, 3.63) is 64.7 Å². The summed E-state index contributed by atoms with van der Waals surface area (Å²) in [6, 6.07) is 13.3. The lowest BCUT2D eigenvalue weighted by atomic mass is 9.80. The summed E-state index contributed by atoms with van der Waals surface area (Å²) in [6.45, 7) is 4.40. The fourth-order valence-corrected chi connectivity index (χ4v) is 3.33. The summed E-state index contributed by atoms with van der Waals surface area (Å²) in [6.07, 6.45) is 1.28. The van der Waals surface area contributed by atoms with E-state index >= 15 is 0 Å². The first-order valence-electron chi connectivity index (χ1n) is 7.87. The van der Waals surface area contributed by atoms with E-state index < -0.39 is 0 Å². The van der Waals surface area contributed by atoms with E-state index in [9.17, 15) is 9.59 Å². The summed E-state index contributed by atoms with van der Waals surface area (Å²) >= 11 is 0. The molecule has 0 aliphatic carbocycles. The van der Waals surface area contributed by atoms with E-state index in [4.69, 9.17) is 4.74 Å². The summed E-state index contributed by atoms with van der Waals surface area (Å²) < 4.78 is 5.88.